The first kappa shape index (κ1) is 35.4. The average molecular weight is 525 g/mol. The van der Waals surface area contributed by atoms with E-state index in [-0.39, 0.29) is 17.7 Å². The van der Waals surface area contributed by atoms with Crippen molar-refractivity contribution >= 4 is 17.7 Å². The lowest BCUT2D eigenvalue weighted by Crippen LogP contribution is -2.43. The molecule has 0 aromatic rings. The van der Waals surface area contributed by atoms with E-state index < -0.39 is 0 Å². The lowest BCUT2D eigenvalue weighted by molar-refractivity contribution is -0.121. The van der Waals surface area contributed by atoms with Gasteiger partial charge in [-0.3, -0.25) is 19.3 Å². The standard InChI is InChI=1S/C30H60N4O3/c1-4-7-10-13-16-19-28(35)31-22-25-34(26-23-32-29(36)20-17-14-11-8-5-2)27-24-33-30(37)21-18-15-12-9-6-3/h4-27H2,1-3H3,(H,31,35)(H,32,36)(H,33,37). The molecular formula is C30H60N4O3. The molecule has 0 aromatic carbocycles. The van der Waals surface area contributed by atoms with Crippen LogP contribution in [-0.4, -0.2) is 61.9 Å². The second kappa shape index (κ2) is 27.4. The summed E-state index contributed by atoms with van der Waals surface area (Å²) in [6, 6.07) is 0. The number of hydrogen-bond donors (Lipinski definition) is 3. The van der Waals surface area contributed by atoms with Crippen molar-refractivity contribution in [2.45, 2.75) is 136 Å². The van der Waals surface area contributed by atoms with Gasteiger partial charge in [0.2, 0.25) is 17.7 Å². The Morgan fingerprint density at radius 2 is 0.703 bits per heavy atom. The van der Waals surface area contributed by atoms with Crippen LogP contribution >= 0.6 is 0 Å². The molecule has 0 bridgehead atoms. The van der Waals surface area contributed by atoms with E-state index in [0.717, 1.165) is 38.5 Å². The zero-order chi connectivity index (χ0) is 27.4. The molecule has 0 aliphatic rings. The normalized spacial score (nSPS) is 11.0. The summed E-state index contributed by atoms with van der Waals surface area (Å²) in [4.78, 5) is 38.7. The Balaban J connectivity index is 4.29. The van der Waals surface area contributed by atoms with Gasteiger partial charge in [-0.2, -0.15) is 0 Å². The van der Waals surface area contributed by atoms with Crippen LogP contribution in [0.3, 0.4) is 0 Å². The highest BCUT2D eigenvalue weighted by Gasteiger charge is 2.09. The Morgan fingerprint density at radius 3 is 0.973 bits per heavy atom. The van der Waals surface area contributed by atoms with E-state index in [1.54, 1.807) is 0 Å². The van der Waals surface area contributed by atoms with E-state index in [9.17, 15) is 14.4 Å². The van der Waals surface area contributed by atoms with Crippen LogP contribution in [0.4, 0.5) is 0 Å². The van der Waals surface area contributed by atoms with Crippen LogP contribution in [0.15, 0.2) is 0 Å². The van der Waals surface area contributed by atoms with Crippen LogP contribution in [0, 0.1) is 0 Å². The third-order valence-corrected chi connectivity index (χ3v) is 6.77. The van der Waals surface area contributed by atoms with Gasteiger partial charge in [-0.25, -0.2) is 0 Å². The second-order valence-corrected chi connectivity index (χ2v) is 10.4. The van der Waals surface area contributed by atoms with Crippen molar-refractivity contribution in [2.75, 3.05) is 39.3 Å². The van der Waals surface area contributed by atoms with Crippen molar-refractivity contribution in [3.63, 3.8) is 0 Å². The molecule has 7 heteroatoms. The van der Waals surface area contributed by atoms with Gasteiger partial charge in [0.05, 0.1) is 0 Å². The molecule has 0 unspecified atom stereocenters. The summed E-state index contributed by atoms with van der Waals surface area (Å²) in [7, 11) is 0. The lowest BCUT2D eigenvalue weighted by atomic mass is 10.1. The topological polar surface area (TPSA) is 90.5 Å². The number of carbonyl (C=O) groups is 3. The zero-order valence-electron chi connectivity index (χ0n) is 24.6. The van der Waals surface area contributed by atoms with Crippen molar-refractivity contribution in [1.29, 1.82) is 0 Å². The summed E-state index contributed by atoms with van der Waals surface area (Å²) in [5, 5.41) is 9.11. The number of carbonyl (C=O) groups excluding carboxylic acids is 3. The molecule has 0 aliphatic heterocycles. The summed E-state index contributed by atoms with van der Waals surface area (Å²) in [6.45, 7) is 10.5. The van der Waals surface area contributed by atoms with Crippen LogP contribution < -0.4 is 16.0 Å². The number of nitrogens with one attached hydrogen (secondary N) is 3. The highest BCUT2D eigenvalue weighted by Crippen LogP contribution is 2.06. The predicted molar refractivity (Wildman–Crippen MR) is 156 cm³/mol. The maximum Gasteiger partial charge on any atom is 0.220 e. The minimum atomic E-state index is 0.115. The van der Waals surface area contributed by atoms with Gasteiger partial charge in [0, 0.05) is 58.5 Å². The molecule has 7 nitrogen and oxygen atoms in total. The first-order chi connectivity index (χ1) is 18.0. The number of rotatable bonds is 27. The minimum Gasteiger partial charge on any atom is -0.355 e. The third kappa shape index (κ3) is 25.8. The van der Waals surface area contributed by atoms with Crippen LogP contribution in [0.25, 0.3) is 0 Å². The molecule has 0 heterocycles. The monoisotopic (exact) mass is 524 g/mol. The number of amides is 3. The summed E-state index contributed by atoms with van der Waals surface area (Å²) in [6.07, 6.45) is 18.9. The fourth-order valence-electron chi connectivity index (χ4n) is 4.33. The summed E-state index contributed by atoms with van der Waals surface area (Å²) >= 11 is 0. The van der Waals surface area contributed by atoms with Gasteiger partial charge in [-0.15, -0.1) is 0 Å². The zero-order valence-corrected chi connectivity index (χ0v) is 24.6. The van der Waals surface area contributed by atoms with Crippen molar-refractivity contribution < 1.29 is 14.4 Å². The van der Waals surface area contributed by atoms with E-state index in [2.05, 4.69) is 41.6 Å². The van der Waals surface area contributed by atoms with E-state index in [1.165, 1.54) is 57.8 Å². The van der Waals surface area contributed by atoms with E-state index in [0.29, 0.717) is 58.5 Å². The van der Waals surface area contributed by atoms with Gasteiger partial charge in [0.1, 0.15) is 0 Å². The Bertz CT molecular complexity index is 481. The van der Waals surface area contributed by atoms with E-state index >= 15 is 0 Å². The number of nitrogens with zero attached hydrogens (tertiary/aromatic N) is 1. The molecular weight excluding hydrogens is 464 g/mol. The smallest absolute Gasteiger partial charge is 0.220 e. The molecule has 0 aliphatic carbocycles. The molecule has 0 spiro atoms. The van der Waals surface area contributed by atoms with Crippen molar-refractivity contribution in [2.24, 2.45) is 0 Å². The van der Waals surface area contributed by atoms with Gasteiger partial charge in [-0.05, 0) is 19.3 Å². The Kier molecular flexibility index (Phi) is 26.2. The molecule has 3 amide bonds. The third-order valence-electron chi connectivity index (χ3n) is 6.77. The van der Waals surface area contributed by atoms with Gasteiger partial charge in [0.15, 0.2) is 0 Å². The van der Waals surface area contributed by atoms with E-state index in [1.807, 2.05) is 0 Å². The molecule has 0 saturated carbocycles. The fraction of sp³-hybridized carbons (Fsp3) is 0.900. The Morgan fingerprint density at radius 1 is 0.432 bits per heavy atom. The maximum atomic E-state index is 12.2. The molecule has 0 saturated heterocycles. The molecule has 0 atom stereocenters. The van der Waals surface area contributed by atoms with Crippen LogP contribution in [-0.2, 0) is 14.4 Å². The van der Waals surface area contributed by atoms with Crippen LogP contribution in [0.5, 0.6) is 0 Å². The highest BCUT2D eigenvalue weighted by molar-refractivity contribution is 5.76. The van der Waals surface area contributed by atoms with Gasteiger partial charge < -0.3 is 16.0 Å². The first-order valence-electron chi connectivity index (χ1n) is 15.6. The highest BCUT2D eigenvalue weighted by atomic mass is 16.2. The average Bonchev–Trinajstić information content (AvgIpc) is 2.88. The predicted octanol–water partition coefficient (Wildman–Crippen LogP) is 5.72. The quantitative estimate of drug-likeness (QED) is 0.120. The van der Waals surface area contributed by atoms with Gasteiger partial charge in [-0.1, -0.05) is 97.8 Å². The van der Waals surface area contributed by atoms with Crippen molar-refractivity contribution in [1.82, 2.24) is 20.9 Å². The molecule has 0 aromatic heterocycles. The van der Waals surface area contributed by atoms with E-state index in [4.69, 9.17) is 0 Å². The molecule has 0 rings (SSSR count). The SMILES string of the molecule is CCCCCCCC(=O)NCCN(CCNC(=O)CCCCCCC)CCNC(=O)CCCCCCC. The second-order valence-electron chi connectivity index (χ2n) is 10.4. The van der Waals surface area contributed by atoms with Gasteiger partial charge in [0.25, 0.3) is 0 Å². The molecule has 218 valence electrons. The molecule has 0 radical (unpaired) electrons. The Labute approximate surface area is 228 Å². The van der Waals surface area contributed by atoms with Crippen molar-refractivity contribution in [3.05, 3.63) is 0 Å². The minimum absolute atomic E-state index is 0.115. The number of hydrogen-bond acceptors (Lipinski definition) is 4. The largest absolute Gasteiger partial charge is 0.355 e. The van der Waals surface area contributed by atoms with Crippen LogP contribution in [0.1, 0.15) is 136 Å². The molecule has 37 heavy (non-hydrogen) atoms. The molecule has 0 fully saturated rings. The fourth-order valence-corrected chi connectivity index (χ4v) is 4.33. The lowest BCUT2D eigenvalue weighted by Gasteiger charge is -2.23. The summed E-state index contributed by atoms with van der Waals surface area (Å²) in [5.41, 5.74) is 0. The summed E-state index contributed by atoms with van der Waals surface area (Å²) in [5.74, 6) is 0.345. The molecule has 3 N–H and O–H groups in total. The van der Waals surface area contributed by atoms with Gasteiger partial charge >= 0.3 is 0 Å². The maximum absolute atomic E-state index is 12.2. The number of unbranched alkanes of at least 4 members (excludes halogenated alkanes) is 12. The van der Waals surface area contributed by atoms with Crippen LogP contribution in [0.2, 0.25) is 0 Å². The Hall–Kier alpha value is -1.63. The van der Waals surface area contributed by atoms with Crippen molar-refractivity contribution in [3.8, 4) is 0 Å². The first-order valence-corrected chi connectivity index (χ1v) is 15.6. The summed E-state index contributed by atoms with van der Waals surface area (Å²) < 4.78 is 0.